The highest BCUT2D eigenvalue weighted by molar-refractivity contribution is 7.89. The van der Waals surface area contributed by atoms with Gasteiger partial charge < -0.3 is 4.90 Å². The maximum absolute atomic E-state index is 13.3. The second-order valence-electron chi connectivity index (χ2n) is 5.43. The second kappa shape index (κ2) is 7.42. The average Bonchev–Trinajstić information content (AvgIpc) is 3.13. The van der Waals surface area contributed by atoms with Crippen LogP contribution in [-0.4, -0.2) is 54.7 Å². The highest BCUT2D eigenvalue weighted by atomic mass is 32.2. The van der Waals surface area contributed by atoms with E-state index in [4.69, 9.17) is 0 Å². The standard InChI is InChI=1S/C16H16FN3O3S2/c17-13-2-1-3-15(10-13)25(22,23)20-8-6-19(7-9-20)16(21)5-4-14-11-24-12-18-14/h1-5,10-12H,6-9H2/b5-4+. The number of benzene rings is 1. The summed E-state index contributed by atoms with van der Waals surface area (Å²) in [6, 6.07) is 4.94. The smallest absolute Gasteiger partial charge is 0.246 e. The van der Waals surface area contributed by atoms with Crippen molar-refractivity contribution in [3.05, 3.63) is 52.7 Å². The first-order valence-electron chi connectivity index (χ1n) is 7.58. The van der Waals surface area contributed by atoms with E-state index >= 15 is 0 Å². The highest BCUT2D eigenvalue weighted by Crippen LogP contribution is 2.18. The summed E-state index contributed by atoms with van der Waals surface area (Å²) in [5.41, 5.74) is 2.39. The molecule has 25 heavy (non-hydrogen) atoms. The zero-order chi connectivity index (χ0) is 17.9. The number of thiazole rings is 1. The second-order valence-corrected chi connectivity index (χ2v) is 8.09. The fourth-order valence-corrected chi connectivity index (χ4v) is 4.47. The molecule has 1 amide bonds. The van der Waals surface area contributed by atoms with Gasteiger partial charge in [-0.1, -0.05) is 6.07 Å². The first-order chi connectivity index (χ1) is 12.0. The van der Waals surface area contributed by atoms with E-state index in [9.17, 15) is 17.6 Å². The van der Waals surface area contributed by atoms with Gasteiger partial charge in [0.15, 0.2) is 0 Å². The number of sulfonamides is 1. The van der Waals surface area contributed by atoms with Crippen molar-refractivity contribution < 1.29 is 17.6 Å². The fourth-order valence-electron chi connectivity index (χ4n) is 2.49. The van der Waals surface area contributed by atoms with Gasteiger partial charge in [0, 0.05) is 37.6 Å². The van der Waals surface area contributed by atoms with Crippen molar-refractivity contribution >= 4 is 33.3 Å². The van der Waals surface area contributed by atoms with E-state index in [-0.39, 0.29) is 37.0 Å². The van der Waals surface area contributed by atoms with Gasteiger partial charge in [0.25, 0.3) is 0 Å². The van der Waals surface area contributed by atoms with Crippen LogP contribution in [0.1, 0.15) is 5.69 Å². The third kappa shape index (κ3) is 4.12. The molecule has 9 heteroatoms. The summed E-state index contributed by atoms with van der Waals surface area (Å²) in [6.45, 7) is 0.924. The van der Waals surface area contributed by atoms with Gasteiger partial charge in [-0.25, -0.2) is 17.8 Å². The molecule has 2 aromatic rings. The van der Waals surface area contributed by atoms with Crippen LogP contribution in [-0.2, 0) is 14.8 Å². The van der Waals surface area contributed by atoms with Crippen LogP contribution in [0.25, 0.3) is 6.08 Å². The SMILES string of the molecule is O=C(/C=C/c1cscn1)N1CCN(S(=O)(=O)c2cccc(F)c2)CC1. The molecule has 0 spiro atoms. The lowest BCUT2D eigenvalue weighted by Crippen LogP contribution is -2.50. The summed E-state index contributed by atoms with van der Waals surface area (Å²) in [5, 5.41) is 1.83. The maximum Gasteiger partial charge on any atom is 0.246 e. The number of carbonyl (C=O) groups excluding carboxylic acids is 1. The number of hydrogen-bond donors (Lipinski definition) is 0. The monoisotopic (exact) mass is 381 g/mol. The van der Waals surface area contributed by atoms with Crippen LogP contribution in [0, 0.1) is 5.82 Å². The van der Waals surface area contributed by atoms with Crippen molar-refractivity contribution in [3.8, 4) is 0 Å². The van der Waals surface area contributed by atoms with E-state index in [0.717, 1.165) is 6.07 Å². The molecule has 1 aliphatic rings. The number of hydrogen-bond acceptors (Lipinski definition) is 5. The molecule has 1 saturated heterocycles. The van der Waals surface area contributed by atoms with E-state index < -0.39 is 15.8 Å². The Hall–Kier alpha value is -2.10. The Bertz CT molecular complexity index is 874. The topological polar surface area (TPSA) is 70.6 Å². The number of piperazine rings is 1. The molecule has 3 rings (SSSR count). The van der Waals surface area contributed by atoms with Crippen molar-refractivity contribution in [2.75, 3.05) is 26.2 Å². The summed E-state index contributed by atoms with van der Waals surface area (Å²) >= 11 is 1.44. The van der Waals surface area contributed by atoms with Crippen molar-refractivity contribution in [2.45, 2.75) is 4.90 Å². The molecule has 1 aromatic carbocycles. The largest absolute Gasteiger partial charge is 0.337 e. The van der Waals surface area contributed by atoms with Gasteiger partial charge in [0.05, 0.1) is 16.1 Å². The minimum Gasteiger partial charge on any atom is -0.337 e. The van der Waals surface area contributed by atoms with Crippen molar-refractivity contribution in [2.24, 2.45) is 0 Å². The molecular formula is C16H16FN3O3S2. The Morgan fingerprint density at radius 1 is 1.24 bits per heavy atom. The molecule has 1 aliphatic heterocycles. The highest BCUT2D eigenvalue weighted by Gasteiger charge is 2.29. The van der Waals surface area contributed by atoms with Crippen LogP contribution in [0.4, 0.5) is 4.39 Å². The minimum absolute atomic E-state index is 0.0734. The molecule has 6 nitrogen and oxygen atoms in total. The maximum atomic E-state index is 13.3. The van der Waals surface area contributed by atoms with E-state index in [1.165, 1.54) is 39.9 Å². The first kappa shape index (κ1) is 17.7. The van der Waals surface area contributed by atoms with Gasteiger partial charge in [0.2, 0.25) is 15.9 Å². The number of carbonyl (C=O) groups is 1. The summed E-state index contributed by atoms with van der Waals surface area (Å²) < 4.78 is 39.6. The Labute approximate surface area is 149 Å². The molecule has 0 saturated carbocycles. The van der Waals surface area contributed by atoms with Crippen molar-refractivity contribution in [1.82, 2.24) is 14.2 Å². The predicted molar refractivity (Wildman–Crippen MR) is 92.9 cm³/mol. The molecule has 0 N–H and O–H groups in total. The van der Waals surface area contributed by atoms with Crippen LogP contribution >= 0.6 is 11.3 Å². The first-order valence-corrected chi connectivity index (χ1v) is 9.96. The quantitative estimate of drug-likeness (QED) is 0.758. The number of aromatic nitrogens is 1. The summed E-state index contributed by atoms with van der Waals surface area (Å²) in [6.07, 6.45) is 3.07. The van der Waals surface area contributed by atoms with Crippen LogP contribution in [0.2, 0.25) is 0 Å². The van der Waals surface area contributed by atoms with Gasteiger partial charge in [0.1, 0.15) is 5.82 Å². The Morgan fingerprint density at radius 2 is 2.00 bits per heavy atom. The lowest BCUT2D eigenvalue weighted by Gasteiger charge is -2.33. The predicted octanol–water partition coefficient (Wildman–Crippen LogP) is 1.83. The van der Waals surface area contributed by atoms with Crippen LogP contribution in [0.5, 0.6) is 0 Å². The normalized spacial score (nSPS) is 16.4. The number of halogens is 1. The molecule has 0 unspecified atom stereocenters. The molecular weight excluding hydrogens is 365 g/mol. The number of amides is 1. The van der Waals surface area contributed by atoms with Crippen LogP contribution in [0.3, 0.4) is 0 Å². The fraction of sp³-hybridized carbons (Fsp3) is 0.250. The van der Waals surface area contributed by atoms with Crippen LogP contribution in [0.15, 0.2) is 46.1 Å². The lowest BCUT2D eigenvalue weighted by atomic mass is 10.3. The van der Waals surface area contributed by atoms with E-state index in [2.05, 4.69) is 4.98 Å². The molecule has 0 radical (unpaired) electrons. The van der Waals surface area contributed by atoms with E-state index in [1.807, 2.05) is 5.38 Å². The summed E-state index contributed by atoms with van der Waals surface area (Å²) in [5.74, 6) is -0.780. The average molecular weight is 381 g/mol. The number of rotatable bonds is 4. The third-order valence-electron chi connectivity index (χ3n) is 3.83. The molecule has 0 bridgehead atoms. The van der Waals surface area contributed by atoms with E-state index in [1.54, 1.807) is 16.5 Å². The van der Waals surface area contributed by atoms with Gasteiger partial charge in [-0.3, -0.25) is 4.79 Å². The zero-order valence-electron chi connectivity index (χ0n) is 13.2. The Kier molecular flexibility index (Phi) is 5.26. The lowest BCUT2D eigenvalue weighted by molar-refractivity contribution is -0.127. The number of nitrogens with zero attached hydrogens (tertiary/aromatic N) is 3. The van der Waals surface area contributed by atoms with Crippen molar-refractivity contribution in [3.63, 3.8) is 0 Å². The molecule has 0 atom stereocenters. The van der Waals surface area contributed by atoms with Gasteiger partial charge in [-0.05, 0) is 24.3 Å². The van der Waals surface area contributed by atoms with E-state index in [0.29, 0.717) is 5.69 Å². The Morgan fingerprint density at radius 3 is 2.64 bits per heavy atom. The minimum atomic E-state index is -3.75. The molecule has 2 heterocycles. The van der Waals surface area contributed by atoms with Gasteiger partial charge in [-0.15, -0.1) is 11.3 Å². The molecule has 0 aliphatic carbocycles. The molecule has 132 valence electrons. The summed E-state index contributed by atoms with van der Waals surface area (Å²) in [4.78, 5) is 17.7. The van der Waals surface area contributed by atoms with Crippen LogP contribution < -0.4 is 0 Å². The molecule has 1 fully saturated rings. The van der Waals surface area contributed by atoms with Gasteiger partial charge in [-0.2, -0.15) is 4.31 Å². The van der Waals surface area contributed by atoms with Crippen molar-refractivity contribution in [1.29, 1.82) is 0 Å². The zero-order valence-corrected chi connectivity index (χ0v) is 14.8. The summed E-state index contributed by atoms with van der Waals surface area (Å²) in [7, 11) is -3.75. The molecule has 1 aromatic heterocycles. The Balaban J connectivity index is 1.62. The third-order valence-corrected chi connectivity index (χ3v) is 6.33. The van der Waals surface area contributed by atoms with Gasteiger partial charge >= 0.3 is 0 Å².